The summed E-state index contributed by atoms with van der Waals surface area (Å²) in [6, 6.07) is 9.14. The Balaban J connectivity index is 2.26. The van der Waals surface area contributed by atoms with Crippen LogP contribution in [0.5, 0.6) is 0 Å². The third kappa shape index (κ3) is 2.30. The lowest BCUT2D eigenvalue weighted by Crippen LogP contribution is -2.16. The van der Waals surface area contributed by atoms with Gasteiger partial charge in [0, 0.05) is 11.3 Å². The van der Waals surface area contributed by atoms with Gasteiger partial charge in [0.2, 0.25) is 0 Å². The first-order valence-corrected chi connectivity index (χ1v) is 6.53. The minimum absolute atomic E-state index is 0.0286. The number of ketones is 1. The Morgan fingerprint density at radius 3 is 2.56 bits per heavy atom. The van der Waals surface area contributed by atoms with Crippen LogP contribution in [-0.2, 0) is 15.6 Å². The smallest absolute Gasteiger partial charge is 0.172 e. The van der Waals surface area contributed by atoms with Crippen LogP contribution in [-0.4, -0.2) is 9.99 Å². The zero-order chi connectivity index (χ0) is 11.5. The van der Waals surface area contributed by atoms with Gasteiger partial charge in [0.05, 0.1) is 15.7 Å². The van der Waals surface area contributed by atoms with Gasteiger partial charge in [-0.3, -0.25) is 4.79 Å². The summed E-state index contributed by atoms with van der Waals surface area (Å²) >= 11 is 0. The predicted octanol–water partition coefficient (Wildman–Crippen LogP) is 2.68. The molecular weight excluding hydrogens is 220 g/mol. The van der Waals surface area contributed by atoms with Crippen molar-refractivity contribution in [3.63, 3.8) is 0 Å². The van der Waals surface area contributed by atoms with Gasteiger partial charge in [-0.25, -0.2) is 4.21 Å². The number of Topliss-reactive ketones (excluding diaryl/α,β-unsaturated/α-hetero) is 1. The molecule has 0 spiro atoms. The Bertz CT molecular complexity index is 448. The van der Waals surface area contributed by atoms with Crippen LogP contribution in [0.2, 0.25) is 0 Å². The minimum atomic E-state index is -1.30. The molecule has 1 aromatic rings. The number of benzene rings is 1. The van der Waals surface area contributed by atoms with Gasteiger partial charge in [0.1, 0.15) is 0 Å². The molecule has 1 aliphatic carbocycles. The largest absolute Gasteiger partial charge is 0.294 e. The van der Waals surface area contributed by atoms with Gasteiger partial charge in [0.15, 0.2) is 5.78 Å². The fourth-order valence-corrected chi connectivity index (χ4v) is 2.97. The van der Waals surface area contributed by atoms with Crippen molar-refractivity contribution in [3.8, 4) is 0 Å². The Labute approximate surface area is 97.8 Å². The van der Waals surface area contributed by atoms with Crippen molar-refractivity contribution in [1.29, 1.82) is 0 Å². The van der Waals surface area contributed by atoms with Crippen molar-refractivity contribution >= 4 is 16.6 Å². The van der Waals surface area contributed by atoms with E-state index in [2.05, 4.69) is 0 Å². The molecule has 0 saturated carbocycles. The van der Waals surface area contributed by atoms with E-state index in [9.17, 15) is 9.00 Å². The summed E-state index contributed by atoms with van der Waals surface area (Å²) < 4.78 is 12.1. The third-order valence-electron chi connectivity index (χ3n) is 2.67. The lowest BCUT2D eigenvalue weighted by Gasteiger charge is -2.16. The quantitative estimate of drug-likeness (QED) is 0.788. The zero-order valence-electron chi connectivity index (χ0n) is 9.18. The molecule has 0 fully saturated rings. The van der Waals surface area contributed by atoms with Gasteiger partial charge >= 0.3 is 0 Å². The van der Waals surface area contributed by atoms with Gasteiger partial charge in [-0.05, 0) is 24.5 Å². The highest BCUT2D eigenvalue weighted by Crippen LogP contribution is 2.25. The molecule has 0 radical (unpaired) electrons. The second-order valence-electron chi connectivity index (χ2n) is 4.12. The first-order chi connectivity index (χ1) is 7.68. The summed E-state index contributed by atoms with van der Waals surface area (Å²) in [6.07, 6.45) is 3.20. The van der Waals surface area contributed by atoms with E-state index in [-0.39, 0.29) is 5.78 Å². The highest BCUT2D eigenvalue weighted by atomic mass is 32.2. The summed E-state index contributed by atoms with van der Waals surface area (Å²) in [7, 11) is -1.30. The van der Waals surface area contributed by atoms with Crippen molar-refractivity contribution < 1.29 is 9.00 Å². The molecule has 0 aliphatic heterocycles. The van der Waals surface area contributed by atoms with Gasteiger partial charge in [-0.1, -0.05) is 31.2 Å². The van der Waals surface area contributed by atoms with Crippen molar-refractivity contribution in [2.75, 3.05) is 0 Å². The summed E-state index contributed by atoms with van der Waals surface area (Å²) in [5.41, 5.74) is 0. The molecule has 0 aromatic heterocycles. The average molecular weight is 234 g/mol. The molecule has 0 saturated heterocycles. The van der Waals surface area contributed by atoms with E-state index in [1.54, 1.807) is 12.1 Å². The third-order valence-corrected chi connectivity index (χ3v) is 4.17. The summed E-state index contributed by atoms with van der Waals surface area (Å²) in [6.45, 7) is 2.04. The molecular formula is C13H14O2S. The summed E-state index contributed by atoms with van der Waals surface area (Å²) in [5, 5.41) is 0. The molecule has 16 heavy (non-hydrogen) atoms. The summed E-state index contributed by atoms with van der Waals surface area (Å²) in [5.74, 6) is 0.407. The average Bonchev–Trinajstić information content (AvgIpc) is 2.29. The molecule has 84 valence electrons. The number of carbonyl (C=O) groups is 1. The number of hydrogen-bond donors (Lipinski definition) is 0. The highest BCUT2D eigenvalue weighted by molar-refractivity contribution is 7.90. The van der Waals surface area contributed by atoms with Crippen molar-refractivity contribution in [2.45, 2.75) is 24.7 Å². The maximum atomic E-state index is 12.1. The topological polar surface area (TPSA) is 34.1 Å². The highest BCUT2D eigenvalue weighted by Gasteiger charge is 2.23. The Hall–Kier alpha value is -1.22. The first-order valence-electron chi connectivity index (χ1n) is 5.38. The molecule has 2 atom stereocenters. The standard InChI is InChI=1S/C13H14O2S/c1-10-7-8-13(12(14)9-10)16(15)11-5-3-2-4-6-11/h2-6,8,10H,7,9H2,1H3/t10-,16?/m1/s1. The van der Waals surface area contributed by atoms with Crippen LogP contribution in [0, 0.1) is 5.92 Å². The molecule has 3 heteroatoms. The van der Waals surface area contributed by atoms with E-state index in [4.69, 9.17) is 0 Å². The lowest BCUT2D eigenvalue weighted by molar-refractivity contribution is -0.116. The lowest BCUT2D eigenvalue weighted by atomic mass is 9.95. The fraction of sp³-hybridized carbons (Fsp3) is 0.308. The number of rotatable bonds is 2. The zero-order valence-corrected chi connectivity index (χ0v) is 10.00. The van der Waals surface area contributed by atoms with E-state index >= 15 is 0 Å². The maximum absolute atomic E-state index is 12.1. The van der Waals surface area contributed by atoms with Gasteiger partial charge < -0.3 is 0 Å². The van der Waals surface area contributed by atoms with Crippen LogP contribution < -0.4 is 0 Å². The SMILES string of the molecule is C[C@@H]1CC=C(S(=O)c2ccccc2)C(=O)C1. The second-order valence-corrected chi connectivity index (χ2v) is 5.57. The normalized spacial score (nSPS) is 22.7. The van der Waals surface area contributed by atoms with E-state index < -0.39 is 10.8 Å². The maximum Gasteiger partial charge on any atom is 0.172 e. The molecule has 0 heterocycles. The van der Waals surface area contributed by atoms with E-state index in [0.717, 1.165) is 6.42 Å². The molecule has 0 N–H and O–H groups in total. The van der Waals surface area contributed by atoms with Crippen LogP contribution in [0.4, 0.5) is 0 Å². The number of carbonyl (C=O) groups excluding carboxylic acids is 1. The first kappa shape index (κ1) is 11.3. The Kier molecular flexibility index (Phi) is 3.34. The van der Waals surface area contributed by atoms with Crippen LogP contribution in [0.3, 0.4) is 0 Å². The van der Waals surface area contributed by atoms with E-state index in [1.165, 1.54) is 0 Å². The molecule has 2 nitrogen and oxygen atoms in total. The van der Waals surface area contributed by atoms with Crippen molar-refractivity contribution in [1.82, 2.24) is 0 Å². The Morgan fingerprint density at radius 1 is 1.25 bits per heavy atom. The molecule has 2 rings (SSSR count). The molecule has 0 amide bonds. The van der Waals surface area contributed by atoms with Crippen LogP contribution in [0.15, 0.2) is 46.2 Å². The summed E-state index contributed by atoms with van der Waals surface area (Å²) in [4.78, 5) is 12.9. The van der Waals surface area contributed by atoms with Gasteiger partial charge in [-0.2, -0.15) is 0 Å². The Morgan fingerprint density at radius 2 is 1.94 bits per heavy atom. The predicted molar refractivity (Wildman–Crippen MR) is 64.3 cm³/mol. The van der Waals surface area contributed by atoms with Crippen LogP contribution in [0.1, 0.15) is 19.8 Å². The molecule has 1 aliphatic rings. The fourth-order valence-electron chi connectivity index (χ4n) is 1.77. The van der Waals surface area contributed by atoms with E-state index in [0.29, 0.717) is 22.1 Å². The monoisotopic (exact) mass is 234 g/mol. The number of hydrogen-bond acceptors (Lipinski definition) is 2. The molecule has 0 bridgehead atoms. The van der Waals surface area contributed by atoms with Crippen molar-refractivity contribution in [2.24, 2.45) is 5.92 Å². The second kappa shape index (κ2) is 4.74. The minimum Gasteiger partial charge on any atom is -0.294 e. The van der Waals surface area contributed by atoms with Crippen LogP contribution in [0.25, 0.3) is 0 Å². The van der Waals surface area contributed by atoms with Crippen LogP contribution >= 0.6 is 0 Å². The number of allylic oxidation sites excluding steroid dienone is 2. The van der Waals surface area contributed by atoms with Gasteiger partial charge in [0.25, 0.3) is 0 Å². The van der Waals surface area contributed by atoms with Crippen molar-refractivity contribution in [3.05, 3.63) is 41.3 Å². The molecule has 1 unspecified atom stereocenters. The van der Waals surface area contributed by atoms with E-state index in [1.807, 2.05) is 31.2 Å². The molecule has 1 aromatic carbocycles. The van der Waals surface area contributed by atoms with Gasteiger partial charge in [-0.15, -0.1) is 0 Å².